The molecule has 116 valence electrons. The normalized spacial score (nSPS) is 12.2. The molecule has 0 heterocycles. The lowest BCUT2D eigenvalue weighted by molar-refractivity contribution is -0.385. The zero-order valence-electron chi connectivity index (χ0n) is 12.8. The third kappa shape index (κ3) is 5.91. The van der Waals surface area contributed by atoms with Gasteiger partial charge in [-0.1, -0.05) is 31.5 Å². The number of carbonyl (C=O) groups excluding carboxylic acids is 1. The van der Waals surface area contributed by atoms with Crippen molar-refractivity contribution in [2.24, 2.45) is 0 Å². The first-order valence-electron chi connectivity index (χ1n) is 7.14. The summed E-state index contributed by atoms with van der Waals surface area (Å²) in [5, 5.41) is 13.9. The van der Waals surface area contributed by atoms with Crippen LogP contribution in [-0.2, 0) is 11.3 Å². The molecule has 0 aliphatic rings. The number of benzene rings is 1. The Kier molecular flexibility index (Phi) is 6.81. The molecule has 6 nitrogen and oxygen atoms in total. The number of nitrogens with zero attached hydrogens (tertiary/aromatic N) is 2. The fourth-order valence-electron chi connectivity index (χ4n) is 2.24. The molecule has 0 radical (unpaired) electrons. The van der Waals surface area contributed by atoms with Gasteiger partial charge in [0.1, 0.15) is 0 Å². The SMILES string of the molecule is CCC[C@H](C)NC(=O)CN(C)Cc1ccccc1[N+](=O)[O-]. The number of nitrogens with one attached hydrogen (secondary N) is 1. The molecule has 0 bridgehead atoms. The molecule has 1 atom stereocenters. The molecule has 0 aliphatic heterocycles. The van der Waals surface area contributed by atoms with Gasteiger partial charge in [-0.15, -0.1) is 0 Å². The van der Waals surface area contributed by atoms with Crippen molar-refractivity contribution in [2.75, 3.05) is 13.6 Å². The highest BCUT2D eigenvalue weighted by molar-refractivity contribution is 5.78. The van der Waals surface area contributed by atoms with Crippen LogP contribution in [0.1, 0.15) is 32.3 Å². The Labute approximate surface area is 125 Å². The van der Waals surface area contributed by atoms with Crippen LogP contribution < -0.4 is 5.32 Å². The molecule has 0 fully saturated rings. The number of hydrogen-bond acceptors (Lipinski definition) is 4. The predicted octanol–water partition coefficient (Wildman–Crippen LogP) is 2.33. The van der Waals surface area contributed by atoms with Crippen molar-refractivity contribution in [1.82, 2.24) is 10.2 Å². The summed E-state index contributed by atoms with van der Waals surface area (Å²) in [7, 11) is 1.78. The summed E-state index contributed by atoms with van der Waals surface area (Å²) in [6.45, 7) is 4.64. The average Bonchev–Trinajstić information content (AvgIpc) is 2.38. The van der Waals surface area contributed by atoms with E-state index in [9.17, 15) is 14.9 Å². The highest BCUT2D eigenvalue weighted by atomic mass is 16.6. The van der Waals surface area contributed by atoms with Crippen molar-refractivity contribution in [1.29, 1.82) is 0 Å². The van der Waals surface area contributed by atoms with Gasteiger partial charge in [0.15, 0.2) is 0 Å². The number of nitro groups is 1. The van der Waals surface area contributed by atoms with Gasteiger partial charge in [0.2, 0.25) is 5.91 Å². The quantitative estimate of drug-likeness (QED) is 0.589. The van der Waals surface area contributed by atoms with Gasteiger partial charge in [-0.2, -0.15) is 0 Å². The van der Waals surface area contributed by atoms with Crippen LogP contribution in [0.25, 0.3) is 0 Å². The van der Waals surface area contributed by atoms with Crippen molar-refractivity contribution >= 4 is 11.6 Å². The summed E-state index contributed by atoms with van der Waals surface area (Å²) in [4.78, 5) is 24.2. The van der Waals surface area contributed by atoms with Crippen LogP contribution in [0.3, 0.4) is 0 Å². The molecule has 0 saturated carbocycles. The fraction of sp³-hybridized carbons (Fsp3) is 0.533. The zero-order chi connectivity index (χ0) is 15.8. The fourth-order valence-corrected chi connectivity index (χ4v) is 2.24. The number of para-hydroxylation sites is 1. The van der Waals surface area contributed by atoms with E-state index < -0.39 is 4.92 Å². The Bertz CT molecular complexity index is 491. The van der Waals surface area contributed by atoms with E-state index >= 15 is 0 Å². The van der Waals surface area contributed by atoms with E-state index in [1.165, 1.54) is 6.07 Å². The molecule has 0 saturated heterocycles. The molecule has 0 aromatic heterocycles. The summed E-state index contributed by atoms with van der Waals surface area (Å²) in [5.41, 5.74) is 0.698. The molecule has 1 N–H and O–H groups in total. The molecule has 1 aromatic carbocycles. The van der Waals surface area contributed by atoms with E-state index in [2.05, 4.69) is 12.2 Å². The number of amides is 1. The summed E-state index contributed by atoms with van der Waals surface area (Å²) in [5.74, 6) is -0.0583. The van der Waals surface area contributed by atoms with Crippen LogP contribution in [0.5, 0.6) is 0 Å². The molecule has 1 aromatic rings. The lowest BCUT2D eigenvalue weighted by Gasteiger charge is -2.18. The van der Waals surface area contributed by atoms with Crippen molar-refractivity contribution in [3.05, 3.63) is 39.9 Å². The maximum absolute atomic E-state index is 11.9. The van der Waals surface area contributed by atoms with Crippen LogP contribution in [0, 0.1) is 10.1 Å². The standard InChI is InChI=1S/C15H23N3O3/c1-4-7-12(2)16-15(19)11-17(3)10-13-8-5-6-9-14(13)18(20)21/h5-6,8-9,12H,4,7,10-11H2,1-3H3,(H,16,19)/t12-/m0/s1. The minimum absolute atomic E-state index is 0.0583. The first kappa shape index (κ1) is 17.1. The topological polar surface area (TPSA) is 75.5 Å². The predicted molar refractivity (Wildman–Crippen MR) is 81.9 cm³/mol. The highest BCUT2D eigenvalue weighted by Crippen LogP contribution is 2.18. The monoisotopic (exact) mass is 293 g/mol. The maximum atomic E-state index is 11.9. The summed E-state index contributed by atoms with van der Waals surface area (Å²) in [6, 6.07) is 6.75. The van der Waals surface area contributed by atoms with E-state index in [1.807, 2.05) is 6.92 Å². The average molecular weight is 293 g/mol. The van der Waals surface area contributed by atoms with E-state index in [1.54, 1.807) is 30.1 Å². The van der Waals surface area contributed by atoms with E-state index in [-0.39, 0.29) is 24.2 Å². The largest absolute Gasteiger partial charge is 0.353 e. The summed E-state index contributed by atoms with van der Waals surface area (Å²) in [6.07, 6.45) is 1.97. The van der Waals surface area contributed by atoms with Crippen LogP contribution in [-0.4, -0.2) is 35.4 Å². The van der Waals surface area contributed by atoms with Crippen LogP contribution >= 0.6 is 0 Å². The second-order valence-electron chi connectivity index (χ2n) is 5.32. The lowest BCUT2D eigenvalue weighted by Crippen LogP contribution is -2.39. The van der Waals surface area contributed by atoms with E-state index in [0.29, 0.717) is 12.1 Å². The maximum Gasteiger partial charge on any atom is 0.273 e. The second kappa shape index (κ2) is 8.36. The molecule has 0 aliphatic carbocycles. The molecule has 21 heavy (non-hydrogen) atoms. The second-order valence-corrected chi connectivity index (χ2v) is 5.32. The van der Waals surface area contributed by atoms with E-state index in [0.717, 1.165) is 12.8 Å². The first-order valence-corrected chi connectivity index (χ1v) is 7.14. The molecule has 0 unspecified atom stereocenters. The Morgan fingerprint density at radius 3 is 2.71 bits per heavy atom. The van der Waals surface area contributed by atoms with Crippen molar-refractivity contribution in [3.8, 4) is 0 Å². The molecule has 0 spiro atoms. The van der Waals surface area contributed by atoms with Gasteiger partial charge in [-0.25, -0.2) is 0 Å². The molecular formula is C15H23N3O3. The number of hydrogen-bond donors (Lipinski definition) is 1. The van der Waals surface area contributed by atoms with Gasteiger partial charge in [0.25, 0.3) is 5.69 Å². The minimum atomic E-state index is -0.396. The van der Waals surface area contributed by atoms with Crippen LogP contribution in [0.2, 0.25) is 0 Å². The third-order valence-corrected chi connectivity index (χ3v) is 3.17. The van der Waals surface area contributed by atoms with Gasteiger partial charge >= 0.3 is 0 Å². The number of rotatable bonds is 8. The molecule has 1 rings (SSSR count). The Morgan fingerprint density at radius 2 is 2.10 bits per heavy atom. The van der Waals surface area contributed by atoms with Crippen LogP contribution in [0.15, 0.2) is 24.3 Å². The van der Waals surface area contributed by atoms with Crippen molar-refractivity contribution < 1.29 is 9.72 Å². The van der Waals surface area contributed by atoms with Crippen molar-refractivity contribution in [3.63, 3.8) is 0 Å². The van der Waals surface area contributed by atoms with Gasteiger partial charge in [0.05, 0.1) is 11.5 Å². The first-order chi connectivity index (χ1) is 9.93. The highest BCUT2D eigenvalue weighted by Gasteiger charge is 2.15. The Balaban J connectivity index is 2.56. The lowest BCUT2D eigenvalue weighted by atomic mass is 10.1. The van der Waals surface area contributed by atoms with Gasteiger partial charge in [0, 0.05) is 24.2 Å². The zero-order valence-corrected chi connectivity index (χ0v) is 12.8. The molecular weight excluding hydrogens is 270 g/mol. The Morgan fingerprint density at radius 1 is 1.43 bits per heavy atom. The van der Waals surface area contributed by atoms with Crippen LogP contribution in [0.4, 0.5) is 5.69 Å². The molecule has 6 heteroatoms. The van der Waals surface area contributed by atoms with Crippen molar-refractivity contribution in [2.45, 2.75) is 39.3 Å². The number of nitro benzene ring substituents is 1. The number of carbonyl (C=O) groups is 1. The smallest absolute Gasteiger partial charge is 0.273 e. The third-order valence-electron chi connectivity index (χ3n) is 3.17. The minimum Gasteiger partial charge on any atom is -0.353 e. The summed E-state index contributed by atoms with van der Waals surface area (Å²) < 4.78 is 0. The number of likely N-dealkylation sites (N-methyl/N-ethyl adjacent to an activating group) is 1. The molecule has 1 amide bonds. The Hall–Kier alpha value is -1.95. The van der Waals surface area contributed by atoms with Gasteiger partial charge < -0.3 is 5.32 Å². The summed E-state index contributed by atoms with van der Waals surface area (Å²) >= 11 is 0. The van der Waals surface area contributed by atoms with Gasteiger partial charge in [-0.05, 0) is 20.4 Å². The van der Waals surface area contributed by atoms with E-state index in [4.69, 9.17) is 0 Å². The van der Waals surface area contributed by atoms with Gasteiger partial charge in [-0.3, -0.25) is 19.8 Å².